The van der Waals surface area contributed by atoms with Gasteiger partial charge in [-0.3, -0.25) is 24.9 Å². The van der Waals surface area contributed by atoms with Gasteiger partial charge in [0.25, 0.3) is 11.8 Å². The first-order chi connectivity index (χ1) is 24.2. The Morgan fingerprint density at radius 3 is 2.12 bits per heavy atom. The predicted molar refractivity (Wildman–Crippen MR) is 191 cm³/mol. The van der Waals surface area contributed by atoms with Gasteiger partial charge in [-0.05, 0) is 58.9 Å². The highest BCUT2D eigenvalue weighted by atomic mass is 16.6. The van der Waals surface area contributed by atoms with E-state index in [1.807, 2.05) is 37.3 Å². The molecule has 3 N–H and O–H groups in total. The van der Waals surface area contributed by atoms with Crippen LogP contribution in [0.1, 0.15) is 36.8 Å². The largest absolute Gasteiger partial charge is 0.497 e. The van der Waals surface area contributed by atoms with Crippen LogP contribution in [0.25, 0.3) is 11.1 Å². The highest BCUT2D eigenvalue weighted by Gasteiger charge is 2.32. The molecule has 0 bridgehead atoms. The fourth-order valence-corrected chi connectivity index (χ4v) is 6.14. The molecule has 1 radical (unpaired) electrons. The minimum Gasteiger partial charge on any atom is -0.497 e. The number of nitrogens with zero attached hydrogens (tertiary/aromatic N) is 2. The standard InChI is InChI=1S/C39H43N4O7/c1-5-26(21-34(40)38(45)42(2)41-37(44)25-49-27-13-7-6-8-14-27)23-43(35-20-19-28(47-3)22-36(35)48-4)39(46)50-24-33-31-17-11-9-15-29(31)30-16-10-12-18-32(30)33/h6-20,22,26,33-34H,2,5,21,23-25,40H2,1,3-4H3,(H,41,44)/t26?,34-/m0/s1. The van der Waals surface area contributed by atoms with Gasteiger partial charge in [-0.1, -0.05) is 80.1 Å². The first-order valence-corrected chi connectivity index (χ1v) is 16.5. The number of hydrogen-bond donors (Lipinski definition) is 2. The molecule has 5 rings (SSSR count). The molecule has 4 aromatic rings. The number of carbonyl (C=O) groups excluding carboxylic acids is 3. The van der Waals surface area contributed by atoms with Crippen LogP contribution in [-0.4, -0.2) is 62.9 Å². The number of nitrogens with two attached hydrogens (primary N) is 1. The maximum absolute atomic E-state index is 14.1. The Morgan fingerprint density at radius 1 is 0.860 bits per heavy atom. The maximum atomic E-state index is 14.1. The summed E-state index contributed by atoms with van der Waals surface area (Å²) in [6.45, 7) is 1.94. The Morgan fingerprint density at radius 2 is 1.50 bits per heavy atom. The second-order valence-electron chi connectivity index (χ2n) is 12.0. The molecule has 0 spiro atoms. The molecular weight excluding hydrogens is 636 g/mol. The first kappa shape index (κ1) is 35.7. The van der Waals surface area contributed by atoms with E-state index in [1.54, 1.807) is 49.6 Å². The average Bonchev–Trinajstić information content (AvgIpc) is 3.47. The van der Waals surface area contributed by atoms with Crippen molar-refractivity contribution >= 4 is 23.6 Å². The third-order valence-electron chi connectivity index (χ3n) is 8.80. The van der Waals surface area contributed by atoms with Crippen molar-refractivity contribution in [3.8, 4) is 28.4 Å². The number of nitrogens with one attached hydrogen (secondary N) is 1. The third kappa shape index (κ3) is 8.35. The molecule has 0 saturated heterocycles. The SMILES string of the molecule is [CH2]N(NC(=O)COc1ccccc1)C(=O)[C@@H](N)CC(CC)CN(C(=O)OCC1c2ccccc2-c2ccccc21)c1ccc(OC)cc1OC. The van der Waals surface area contributed by atoms with Crippen molar-refractivity contribution < 1.29 is 33.3 Å². The van der Waals surface area contributed by atoms with Gasteiger partial charge >= 0.3 is 6.09 Å². The topological polar surface area (TPSA) is 133 Å². The molecule has 0 heterocycles. The molecule has 1 aliphatic rings. The normalized spacial score (nSPS) is 12.9. The number of methoxy groups -OCH3 is 2. The predicted octanol–water partition coefficient (Wildman–Crippen LogP) is 5.93. The fourth-order valence-electron chi connectivity index (χ4n) is 6.14. The van der Waals surface area contributed by atoms with Crippen LogP contribution in [0.5, 0.6) is 17.2 Å². The van der Waals surface area contributed by atoms with Gasteiger partial charge < -0.3 is 24.7 Å². The summed E-state index contributed by atoms with van der Waals surface area (Å²) in [7, 11) is 6.73. The highest BCUT2D eigenvalue weighted by Crippen LogP contribution is 2.44. The number of carbonyl (C=O) groups is 3. The van der Waals surface area contributed by atoms with Gasteiger partial charge in [0, 0.05) is 18.5 Å². The van der Waals surface area contributed by atoms with Gasteiger partial charge in [-0.2, -0.15) is 0 Å². The van der Waals surface area contributed by atoms with E-state index in [1.165, 1.54) is 12.0 Å². The lowest BCUT2D eigenvalue weighted by Gasteiger charge is -2.30. The van der Waals surface area contributed by atoms with Crippen LogP contribution in [0.4, 0.5) is 10.5 Å². The molecule has 11 heteroatoms. The van der Waals surface area contributed by atoms with E-state index in [4.69, 9.17) is 24.7 Å². The summed E-state index contributed by atoms with van der Waals surface area (Å²) in [6.07, 6.45) is 0.211. The molecule has 0 aromatic heterocycles. The second kappa shape index (κ2) is 16.7. The zero-order valence-corrected chi connectivity index (χ0v) is 28.5. The van der Waals surface area contributed by atoms with E-state index in [0.29, 0.717) is 29.4 Å². The average molecular weight is 680 g/mol. The van der Waals surface area contributed by atoms with Crippen molar-refractivity contribution in [1.29, 1.82) is 0 Å². The van der Waals surface area contributed by atoms with Crippen molar-refractivity contribution in [3.63, 3.8) is 0 Å². The lowest BCUT2D eigenvalue weighted by atomic mass is 9.96. The lowest BCUT2D eigenvalue weighted by Crippen LogP contribution is -2.51. The number of benzene rings is 4. The number of hydrazine groups is 1. The summed E-state index contributed by atoms with van der Waals surface area (Å²) in [6, 6.07) is 29.3. The highest BCUT2D eigenvalue weighted by molar-refractivity contribution is 5.90. The Bertz CT molecular complexity index is 1740. The number of fused-ring (bicyclic) bond motifs is 3. The fraction of sp³-hybridized carbons (Fsp3) is 0.282. The van der Waals surface area contributed by atoms with Gasteiger partial charge in [0.2, 0.25) is 0 Å². The summed E-state index contributed by atoms with van der Waals surface area (Å²) < 4.78 is 22.6. The molecule has 1 aliphatic carbocycles. The number of amides is 3. The van der Waals surface area contributed by atoms with Crippen LogP contribution in [-0.2, 0) is 14.3 Å². The van der Waals surface area contributed by atoms with Crippen LogP contribution < -0.4 is 30.3 Å². The van der Waals surface area contributed by atoms with Crippen LogP contribution in [0.3, 0.4) is 0 Å². The smallest absolute Gasteiger partial charge is 0.414 e. The van der Waals surface area contributed by atoms with Crippen molar-refractivity contribution in [1.82, 2.24) is 10.4 Å². The number of rotatable bonds is 14. The molecule has 0 aliphatic heterocycles. The van der Waals surface area contributed by atoms with Crippen molar-refractivity contribution in [2.75, 3.05) is 38.9 Å². The molecule has 0 saturated carbocycles. The lowest BCUT2D eigenvalue weighted by molar-refractivity contribution is -0.140. The van der Waals surface area contributed by atoms with E-state index in [9.17, 15) is 14.4 Å². The van der Waals surface area contributed by atoms with Gasteiger partial charge in [0.15, 0.2) is 6.61 Å². The molecule has 3 amide bonds. The number of para-hydroxylation sites is 1. The van der Waals surface area contributed by atoms with Crippen molar-refractivity contribution in [2.24, 2.45) is 11.7 Å². The molecule has 11 nitrogen and oxygen atoms in total. The van der Waals surface area contributed by atoms with E-state index < -0.39 is 23.9 Å². The van der Waals surface area contributed by atoms with Crippen molar-refractivity contribution in [2.45, 2.75) is 31.7 Å². The van der Waals surface area contributed by atoms with Gasteiger partial charge in [0.1, 0.15) is 23.9 Å². The second-order valence-corrected chi connectivity index (χ2v) is 12.0. The third-order valence-corrected chi connectivity index (χ3v) is 8.80. The Balaban J connectivity index is 1.28. The molecule has 2 atom stereocenters. The summed E-state index contributed by atoms with van der Waals surface area (Å²) in [5.41, 5.74) is 13.7. The minimum absolute atomic E-state index is 0.126. The molecule has 261 valence electrons. The minimum atomic E-state index is -1.02. The van der Waals surface area contributed by atoms with Crippen LogP contribution in [0, 0.1) is 13.0 Å². The summed E-state index contributed by atoms with van der Waals surface area (Å²) in [5.74, 6) is -0.0405. The summed E-state index contributed by atoms with van der Waals surface area (Å²) in [4.78, 5) is 41.1. The number of anilines is 1. The summed E-state index contributed by atoms with van der Waals surface area (Å²) in [5, 5.41) is 0.823. The van der Waals surface area contributed by atoms with E-state index in [0.717, 1.165) is 27.3 Å². The number of hydrogen-bond acceptors (Lipinski definition) is 8. The molecular formula is C39H43N4O7. The number of ether oxygens (including phenoxy) is 4. The quantitative estimate of drug-likeness (QED) is 0.157. The maximum Gasteiger partial charge on any atom is 0.414 e. The van der Waals surface area contributed by atoms with E-state index in [-0.39, 0.29) is 38.0 Å². The van der Waals surface area contributed by atoms with Gasteiger partial charge in [-0.15, -0.1) is 0 Å². The van der Waals surface area contributed by atoms with Crippen LogP contribution >= 0.6 is 0 Å². The van der Waals surface area contributed by atoms with E-state index >= 15 is 0 Å². The Labute approximate surface area is 292 Å². The zero-order chi connectivity index (χ0) is 35.6. The van der Waals surface area contributed by atoms with Crippen molar-refractivity contribution in [3.05, 3.63) is 115 Å². The monoisotopic (exact) mass is 679 g/mol. The first-order valence-electron chi connectivity index (χ1n) is 16.5. The zero-order valence-electron chi connectivity index (χ0n) is 28.5. The van der Waals surface area contributed by atoms with Crippen LogP contribution in [0.15, 0.2) is 97.1 Å². The molecule has 50 heavy (non-hydrogen) atoms. The molecule has 4 aromatic carbocycles. The molecule has 1 unspecified atom stereocenters. The Hall–Kier alpha value is -5.55. The van der Waals surface area contributed by atoms with Gasteiger partial charge in [0.05, 0.1) is 33.0 Å². The van der Waals surface area contributed by atoms with Crippen LogP contribution in [0.2, 0.25) is 0 Å². The van der Waals surface area contributed by atoms with E-state index in [2.05, 4.69) is 36.7 Å². The Kier molecular flexibility index (Phi) is 11.9. The summed E-state index contributed by atoms with van der Waals surface area (Å²) >= 11 is 0. The van der Waals surface area contributed by atoms with Gasteiger partial charge in [-0.25, -0.2) is 4.79 Å². The molecule has 0 fully saturated rings.